The number of hydrogen-bond donors (Lipinski definition) is 1. The molecule has 0 unspecified atom stereocenters. The predicted molar refractivity (Wildman–Crippen MR) is 58.2 cm³/mol. The number of pyridine rings is 1. The number of aromatic nitrogens is 3. The molecule has 0 spiro atoms. The summed E-state index contributed by atoms with van der Waals surface area (Å²) in [6, 6.07) is 2.06. The van der Waals surface area contributed by atoms with E-state index in [4.69, 9.17) is 0 Å². The summed E-state index contributed by atoms with van der Waals surface area (Å²) in [6.45, 7) is 1.85. The van der Waals surface area contributed by atoms with Crippen molar-refractivity contribution in [2.24, 2.45) is 0 Å². The van der Waals surface area contributed by atoms with Crippen LogP contribution in [0.4, 0.5) is 19.0 Å². The Morgan fingerprint density at radius 2 is 1.94 bits per heavy atom. The van der Waals surface area contributed by atoms with Crippen LogP contribution in [-0.4, -0.2) is 15.0 Å². The van der Waals surface area contributed by atoms with Gasteiger partial charge in [-0.25, -0.2) is 18.7 Å². The lowest BCUT2D eigenvalue weighted by molar-refractivity contribution is 0.466. The van der Waals surface area contributed by atoms with Crippen LogP contribution in [0.1, 0.15) is 11.5 Å². The first-order chi connectivity index (χ1) is 8.56. The number of hydrogen-bond acceptors (Lipinski definition) is 4. The molecule has 7 heteroatoms. The monoisotopic (exact) mass is 254 g/mol. The molecule has 2 aromatic heterocycles. The predicted octanol–water partition coefficient (Wildman–Crippen LogP) is 2.21. The van der Waals surface area contributed by atoms with Crippen molar-refractivity contribution in [3.63, 3.8) is 0 Å². The number of nitrogens with one attached hydrogen (secondary N) is 1. The Kier molecular flexibility index (Phi) is 3.40. The minimum absolute atomic E-state index is 0.137. The Hall–Kier alpha value is -2.18. The van der Waals surface area contributed by atoms with Crippen LogP contribution in [0.2, 0.25) is 0 Å². The van der Waals surface area contributed by atoms with E-state index in [1.54, 1.807) is 19.2 Å². The molecule has 4 nitrogen and oxygen atoms in total. The van der Waals surface area contributed by atoms with Crippen LogP contribution < -0.4 is 5.32 Å². The Morgan fingerprint density at radius 1 is 1.17 bits per heavy atom. The standard InChI is InChI=1S/C11H9F3N4/c1-6-15-3-2-7(17-6)5-16-11-9(13)4-8(12)10(14)18-11/h2-4H,5H2,1H3,(H,16,18). The molecule has 2 aromatic rings. The number of rotatable bonds is 3. The maximum absolute atomic E-state index is 13.2. The molecule has 2 heterocycles. The maximum Gasteiger partial charge on any atom is 0.251 e. The average molecular weight is 254 g/mol. The third-order valence-corrected chi connectivity index (χ3v) is 2.16. The van der Waals surface area contributed by atoms with Gasteiger partial charge in [0.1, 0.15) is 5.82 Å². The third kappa shape index (κ3) is 2.73. The van der Waals surface area contributed by atoms with E-state index in [0.29, 0.717) is 17.6 Å². The first kappa shape index (κ1) is 12.3. The molecular weight excluding hydrogens is 245 g/mol. The van der Waals surface area contributed by atoms with E-state index < -0.39 is 17.6 Å². The minimum atomic E-state index is -1.35. The molecule has 0 saturated heterocycles. The zero-order valence-corrected chi connectivity index (χ0v) is 9.41. The van der Waals surface area contributed by atoms with E-state index >= 15 is 0 Å². The minimum Gasteiger partial charge on any atom is -0.362 e. The van der Waals surface area contributed by atoms with Gasteiger partial charge in [-0.1, -0.05) is 0 Å². The highest BCUT2D eigenvalue weighted by molar-refractivity contribution is 5.36. The Balaban J connectivity index is 2.13. The summed E-state index contributed by atoms with van der Waals surface area (Å²) in [5.74, 6) is -3.42. The lowest BCUT2D eigenvalue weighted by Gasteiger charge is -2.06. The highest BCUT2D eigenvalue weighted by Crippen LogP contribution is 2.14. The molecule has 0 atom stereocenters. The SMILES string of the molecule is Cc1nccc(CNc2nc(F)c(F)cc2F)n1. The van der Waals surface area contributed by atoms with Gasteiger partial charge in [0.05, 0.1) is 12.2 Å². The summed E-state index contributed by atoms with van der Waals surface area (Å²) >= 11 is 0. The highest BCUT2D eigenvalue weighted by Gasteiger charge is 2.11. The molecule has 0 radical (unpaired) electrons. The second-order valence-corrected chi connectivity index (χ2v) is 3.54. The molecule has 1 N–H and O–H groups in total. The van der Waals surface area contributed by atoms with Crippen molar-refractivity contribution in [2.75, 3.05) is 5.32 Å². The van der Waals surface area contributed by atoms with Crippen molar-refractivity contribution < 1.29 is 13.2 Å². The van der Waals surface area contributed by atoms with Gasteiger partial charge in [-0.3, -0.25) is 0 Å². The van der Waals surface area contributed by atoms with Crippen molar-refractivity contribution in [1.82, 2.24) is 15.0 Å². The second kappa shape index (κ2) is 4.99. The largest absolute Gasteiger partial charge is 0.362 e. The van der Waals surface area contributed by atoms with Crippen LogP contribution in [-0.2, 0) is 6.54 Å². The molecule has 0 aromatic carbocycles. The zero-order valence-electron chi connectivity index (χ0n) is 9.41. The highest BCUT2D eigenvalue weighted by atomic mass is 19.2. The van der Waals surface area contributed by atoms with Crippen LogP contribution in [0.25, 0.3) is 0 Å². The van der Waals surface area contributed by atoms with Crippen LogP contribution in [0.15, 0.2) is 18.3 Å². The Bertz CT molecular complexity index is 574. The fraction of sp³-hybridized carbons (Fsp3) is 0.182. The van der Waals surface area contributed by atoms with Gasteiger partial charge in [-0.15, -0.1) is 0 Å². The summed E-state index contributed by atoms with van der Waals surface area (Å²) in [4.78, 5) is 11.1. The van der Waals surface area contributed by atoms with E-state index in [2.05, 4.69) is 20.3 Å². The van der Waals surface area contributed by atoms with Gasteiger partial charge in [0, 0.05) is 12.3 Å². The topological polar surface area (TPSA) is 50.7 Å². The van der Waals surface area contributed by atoms with Gasteiger partial charge < -0.3 is 5.32 Å². The molecular formula is C11H9F3N4. The Morgan fingerprint density at radius 3 is 2.67 bits per heavy atom. The lowest BCUT2D eigenvalue weighted by atomic mass is 10.3. The summed E-state index contributed by atoms with van der Waals surface area (Å²) in [7, 11) is 0. The molecule has 94 valence electrons. The average Bonchev–Trinajstić information content (AvgIpc) is 2.32. The van der Waals surface area contributed by atoms with Crippen molar-refractivity contribution in [2.45, 2.75) is 13.5 Å². The summed E-state index contributed by atoms with van der Waals surface area (Å²) < 4.78 is 38.7. The van der Waals surface area contributed by atoms with Crippen LogP contribution in [0.5, 0.6) is 0 Å². The fourth-order valence-electron chi connectivity index (χ4n) is 1.35. The van der Waals surface area contributed by atoms with E-state index in [9.17, 15) is 13.2 Å². The summed E-state index contributed by atoms with van der Waals surface area (Å²) in [5, 5.41) is 2.54. The van der Waals surface area contributed by atoms with Crippen molar-refractivity contribution >= 4 is 5.82 Å². The van der Waals surface area contributed by atoms with Gasteiger partial charge in [-0.2, -0.15) is 9.37 Å². The fourth-order valence-corrected chi connectivity index (χ4v) is 1.35. The lowest BCUT2D eigenvalue weighted by Crippen LogP contribution is -2.08. The van der Waals surface area contributed by atoms with Crippen molar-refractivity contribution in [3.05, 3.63) is 47.4 Å². The zero-order chi connectivity index (χ0) is 13.1. The molecule has 0 aliphatic rings. The van der Waals surface area contributed by atoms with Crippen molar-refractivity contribution in [1.29, 1.82) is 0 Å². The number of nitrogens with zero attached hydrogens (tertiary/aromatic N) is 3. The van der Waals surface area contributed by atoms with E-state index in [-0.39, 0.29) is 12.4 Å². The second-order valence-electron chi connectivity index (χ2n) is 3.54. The molecule has 0 bridgehead atoms. The molecule has 0 aliphatic heterocycles. The number of aryl methyl sites for hydroxylation is 1. The molecule has 2 rings (SSSR count). The van der Waals surface area contributed by atoms with Gasteiger partial charge in [0.15, 0.2) is 17.5 Å². The smallest absolute Gasteiger partial charge is 0.251 e. The van der Waals surface area contributed by atoms with E-state index in [0.717, 1.165) is 0 Å². The summed E-state index contributed by atoms with van der Waals surface area (Å²) in [6.07, 6.45) is 1.55. The van der Waals surface area contributed by atoms with Crippen molar-refractivity contribution in [3.8, 4) is 0 Å². The molecule has 18 heavy (non-hydrogen) atoms. The van der Waals surface area contributed by atoms with Gasteiger partial charge in [0.2, 0.25) is 0 Å². The van der Waals surface area contributed by atoms with Crippen LogP contribution in [0.3, 0.4) is 0 Å². The number of halogens is 3. The quantitative estimate of drug-likeness (QED) is 0.853. The van der Waals surface area contributed by atoms with E-state index in [1.165, 1.54) is 0 Å². The van der Waals surface area contributed by atoms with Crippen LogP contribution in [0, 0.1) is 24.5 Å². The Labute approximate surface area is 101 Å². The molecule has 0 aliphatic carbocycles. The van der Waals surface area contributed by atoms with Gasteiger partial charge >= 0.3 is 0 Å². The van der Waals surface area contributed by atoms with Gasteiger partial charge in [-0.05, 0) is 13.0 Å². The van der Waals surface area contributed by atoms with Crippen LogP contribution >= 0.6 is 0 Å². The molecule has 0 fully saturated rings. The maximum atomic E-state index is 13.2. The molecule has 0 saturated carbocycles. The number of anilines is 1. The first-order valence-electron chi connectivity index (χ1n) is 5.10. The summed E-state index contributed by atoms with van der Waals surface area (Å²) in [5.41, 5.74) is 0.591. The van der Waals surface area contributed by atoms with Gasteiger partial charge in [0.25, 0.3) is 5.95 Å². The van der Waals surface area contributed by atoms with E-state index in [1.807, 2.05) is 0 Å². The molecule has 0 amide bonds. The third-order valence-electron chi connectivity index (χ3n) is 2.16. The normalized spacial score (nSPS) is 10.4. The first-order valence-corrected chi connectivity index (χ1v) is 5.10.